The van der Waals surface area contributed by atoms with Gasteiger partial charge in [-0.25, -0.2) is 0 Å². The first-order valence-corrected chi connectivity index (χ1v) is 6.34. The molecule has 2 nitrogen and oxygen atoms in total. The fraction of sp³-hybridized carbons (Fsp3) is 0.0625. The van der Waals surface area contributed by atoms with Gasteiger partial charge in [-0.1, -0.05) is 48.0 Å². The van der Waals surface area contributed by atoms with Gasteiger partial charge in [0.2, 0.25) is 0 Å². The second-order valence-electron chi connectivity index (χ2n) is 4.05. The third-order valence-corrected chi connectivity index (χ3v) is 2.93. The molecule has 2 aromatic carbocycles. The SMILES string of the molecule is C=CCNc1ccc(Cl)cc1C(=O)c1ccccc1. The number of carbonyl (C=O) groups excluding carboxylic acids is 1. The summed E-state index contributed by atoms with van der Waals surface area (Å²) in [5.41, 5.74) is 1.98. The lowest BCUT2D eigenvalue weighted by atomic mass is 10.0. The molecule has 0 aliphatic carbocycles. The van der Waals surface area contributed by atoms with Gasteiger partial charge in [0.05, 0.1) is 0 Å². The number of benzene rings is 2. The van der Waals surface area contributed by atoms with E-state index in [1.54, 1.807) is 30.3 Å². The number of nitrogens with one attached hydrogen (secondary N) is 1. The lowest BCUT2D eigenvalue weighted by molar-refractivity contribution is 0.103. The highest BCUT2D eigenvalue weighted by molar-refractivity contribution is 6.31. The van der Waals surface area contributed by atoms with Crippen molar-refractivity contribution in [1.29, 1.82) is 0 Å². The Balaban J connectivity index is 2.39. The summed E-state index contributed by atoms with van der Waals surface area (Å²) in [6.07, 6.45) is 1.74. The molecule has 0 aliphatic rings. The second kappa shape index (κ2) is 6.21. The van der Waals surface area contributed by atoms with Crippen LogP contribution in [0.15, 0.2) is 61.2 Å². The third-order valence-electron chi connectivity index (χ3n) is 2.70. The van der Waals surface area contributed by atoms with E-state index in [0.717, 1.165) is 5.69 Å². The van der Waals surface area contributed by atoms with Crippen LogP contribution >= 0.6 is 11.6 Å². The number of hydrogen-bond acceptors (Lipinski definition) is 2. The Hall–Kier alpha value is -2.06. The molecule has 0 saturated carbocycles. The van der Waals surface area contributed by atoms with E-state index in [-0.39, 0.29) is 5.78 Å². The molecule has 3 heteroatoms. The lowest BCUT2D eigenvalue weighted by Crippen LogP contribution is -2.08. The standard InChI is InChI=1S/C16H14ClNO/c1-2-10-18-15-9-8-13(17)11-14(15)16(19)12-6-4-3-5-7-12/h2-9,11,18H,1,10H2. The molecule has 0 fully saturated rings. The van der Waals surface area contributed by atoms with Crippen molar-refractivity contribution >= 4 is 23.1 Å². The summed E-state index contributed by atoms with van der Waals surface area (Å²) in [4.78, 5) is 12.5. The van der Waals surface area contributed by atoms with Crippen LogP contribution in [0.1, 0.15) is 15.9 Å². The van der Waals surface area contributed by atoms with Crippen LogP contribution < -0.4 is 5.32 Å². The molecule has 0 aliphatic heterocycles. The number of carbonyl (C=O) groups is 1. The van der Waals surface area contributed by atoms with Gasteiger partial charge in [0.1, 0.15) is 0 Å². The van der Waals surface area contributed by atoms with Crippen LogP contribution in [-0.4, -0.2) is 12.3 Å². The van der Waals surface area contributed by atoms with Gasteiger partial charge in [-0.05, 0) is 18.2 Å². The Kier molecular flexibility index (Phi) is 4.37. The lowest BCUT2D eigenvalue weighted by Gasteiger charge is -2.10. The average Bonchev–Trinajstić information content (AvgIpc) is 2.46. The molecule has 0 heterocycles. The number of halogens is 1. The number of ketones is 1. The smallest absolute Gasteiger partial charge is 0.195 e. The van der Waals surface area contributed by atoms with E-state index in [2.05, 4.69) is 11.9 Å². The molecule has 0 atom stereocenters. The van der Waals surface area contributed by atoms with E-state index in [9.17, 15) is 4.79 Å². The highest BCUT2D eigenvalue weighted by atomic mass is 35.5. The Labute approximate surface area is 117 Å². The van der Waals surface area contributed by atoms with Crippen molar-refractivity contribution in [2.75, 3.05) is 11.9 Å². The molecule has 19 heavy (non-hydrogen) atoms. The Morgan fingerprint density at radius 1 is 1.21 bits per heavy atom. The maximum Gasteiger partial charge on any atom is 0.195 e. The van der Waals surface area contributed by atoms with E-state index in [0.29, 0.717) is 22.7 Å². The van der Waals surface area contributed by atoms with Crippen molar-refractivity contribution in [1.82, 2.24) is 0 Å². The van der Waals surface area contributed by atoms with E-state index >= 15 is 0 Å². The maximum atomic E-state index is 12.5. The Bertz CT molecular complexity index is 593. The van der Waals surface area contributed by atoms with Gasteiger partial charge in [0.15, 0.2) is 5.78 Å². The van der Waals surface area contributed by atoms with E-state index < -0.39 is 0 Å². The van der Waals surface area contributed by atoms with Crippen LogP contribution in [0, 0.1) is 0 Å². The zero-order valence-electron chi connectivity index (χ0n) is 10.4. The molecule has 0 radical (unpaired) electrons. The largest absolute Gasteiger partial charge is 0.381 e. The molecule has 0 spiro atoms. The van der Waals surface area contributed by atoms with Gasteiger partial charge < -0.3 is 5.32 Å². The fourth-order valence-corrected chi connectivity index (χ4v) is 1.96. The molecular weight excluding hydrogens is 258 g/mol. The normalized spacial score (nSPS) is 9.95. The van der Waals surface area contributed by atoms with E-state index in [1.807, 2.05) is 24.3 Å². The minimum atomic E-state index is -0.0466. The molecule has 0 saturated heterocycles. The minimum absolute atomic E-state index is 0.0466. The van der Waals surface area contributed by atoms with Crippen LogP contribution in [0.5, 0.6) is 0 Å². The second-order valence-corrected chi connectivity index (χ2v) is 4.49. The quantitative estimate of drug-likeness (QED) is 0.653. The number of anilines is 1. The predicted molar refractivity (Wildman–Crippen MR) is 80.0 cm³/mol. The zero-order valence-corrected chi connectivity index (χ0v) is 11.2. The molecule has 1 N–H and O–H groups in total. The predicted octanol–water partition coefficient (Wildman–Crippen LogP) is 4.17. The summed E-state index contributed by atoms with van der Waals surface area (Å²) in [7, 11) is 0. The number of rotatable bonds is 5. The molecule has 0 bridgehead atoms. The molecule has 2 aromatic rings. The molecule has 0 unspecified atom stereocenters. The fourth-order valence-electron chi connectivity index (χ4n) is 1.79. The van der Waals surface area contributed by atoms with Gasteiger partial charge >= 0.3 is 0 Å². The zero-order chi connectivity index (χ0) is 13.7. The average molecular weight is 272 g/mol. The van der Waals surface area contributed by atoms with Crippen molar-refractivity contribution in [3.8, 4) is 0 Å². The monoisotopic (exact) mass is 271 g/mol. The topological polar surface area (TPSA) is 29.1 Å². The van der Waals surface area contributed by atoms with Crippen LogP contribution in [0.2, 0.25) is 5.02 Å². The molecule has 0 amide bonds. The summed E-state index contributed by atoms with van der Waals surface area (Å²) in [5, 5.41) is 3.69. The van der Waals surface area contributed by atoms with Crippen LogP contribution in [-0.2, 0) is 0 Å². The van der Waals surface area contributed by atoms with Gasteiger partial charge in [-0.3, -0.25) is 4.79 Å². The highest BCUT2D eigenvalue weighted by Gasteiger charge is 2.13. The van der Waals surface area contributed by atoms with Gasteiger partial charge in [-0.2, -0.15) is 0 Å². The summed E-state index contributed by atoms with van der Waals surface area (Å²) in [6.45, 7) is 4.25. The van der Waals surface area contributed by atoms with Crippen LogP contribution in [0.4, 0.5) is 5.69 Å². The van der Waals surface area contributed by atoms with E-state index in [1.165, 1.54) is 0 Å². The molecule has 96 valence electrons. The summed E-state index contributed by atoms with van der Waals surface area (Å²) < 4.78 is 0. The van der Waals surface area contributed by atoms with Crippen molar-refractivity contribution in [2.24, 2.45) is 0 Å². The van der Waals surface area contributed by atoms with Crippen molar-refractivity contribution in [2.45, 2.75) is 0 Å². The summed E-state index contributed by atoms with van der Waals surface area (Å²) in [6, 6.07) is 14.4. The van der Waals surface area contributed by atoms with Crippen LogP contribution in [0.3, 0.4) is 0 Å². The minimum Gasteiger partial charge on any atom is -0.381 e. The first-order valence-electron chi connectivity index (χ1n) is 5.96. The maximum absolute atomic E-state index is 12.5. The highest BCUT2D eigenvalue weighted by Crippen LogP contribution is 2.23. The molecule has 0 aromatic heterocycles. The van der Waals surface area contributed by atoms with Crippen molar-refractivity contribution < 1.29 is 4.79 Å². The Morgan fingerprint density at radius 2 is 1.95 bits per heavy atom. The first kappa shape index (κ1) is 13.4. The molecule has 2 rings (SSSR count). The first-order chi connectivity index (χ1) is 9.22. The van der Waals surface area contributed by atoms with Crippen molar-refractivity contribution in [3.05, 3.63) is 77.3 Å². The number of hydrogen-bond donors (Lipinski definition) is 1. The third kappa shape index (κ3) is 3.24. The molecular formula is C16H14ClNO. The van der Waals surface area contributed by atoms with Gasteiger partial charge in [-0.15, -0.1) is 6.58 Å². The summed E-state index contributed by atoms with van der Waals surface area (Å²) in [5.74, 6) is -0.0466. The van der Waals surface area contributed by atoms with E-state index in [4.69, 9.17) is 11.6 Å². The van der Waals surface area contributed by atoms with Crippen molar-refractivity contribution in [3.63, 3.8) is 0 Å². The summed E-state index contributed by atoms with van der Waals surface area (Å²) >= 11 is 5.98. The van der Waals surface area contributed by atoms with Gasteiger partial charge in [0.25, 0.3) is 0 Å². The Morgan fingerprint density at radius 3 is 2.63 bits per heavy atom. The van der Waals surface area contributed by atoms with Gasteiger partial charge in [0, 0.05) is 28.4 Å². The van der Waals surface area contributed by atoms with Crippen LogP contribution in [0.25, 0.3) is 0 Å².